The molecule has 0 spiro atoms. The average molecular weight is 241 g/mol. The third-order valence-electron chi connectivity index (χ3n) is 2.03. The van der Waals surface area contributed by atoms with Gasteiger partial charge in [0.25, 0.3) is 0 Å². The Morgan fingerprint density at radius 1 is 1.25 bits per heavy atom. The molecular weight excluding hydrogens is 224 g/mol. The van der Waals surface area contributed by atoms with Crippen molar-refractivity contribution >= 4 is 17.4 Å². The van der Waals surface area contributed by atoms with Crippen molar-refractivity contribution in [1.82, 2.24) is 0 Å². The lowest BCUT2D eigenvalue weighted by atomic mass is 10.1. The van der Waals surface area contributed by atoms with E-state index in [2.05, 4.69) is 0 Å². The van der Waals surface area contributed by atoms with E-state index in [0.717, 1.165) is 0 Å². The van der Waals surface area contributed by atoms with Crippen LogP contribution in [0.5, 0.6) is 0 Å². The molecule has 0 aliphatic carbocycles. The van der Waals surface area contributed by atoms with Gasteiger partial charge in [-0.3, -0.25) is 4.79 Å². The summed E-state index contributed by atoms with van der Waals surface area (Å²) in [5.41, 5.74) is 0.308. The highest BCUT2D eigenvalue weighted by Crippen LogP contribution is 2.16. The van der Waals surface area contributed by atoms with Gasteiger partial charge < -0.3 is 4.74 Å². The van der Waals surface area contributed by atoms with E-state index in [1.54, 1.807) is 31.2 Å². The van der Waals surface area contributed by atoms with Crippen LogP contribution in [0.25, 0.3) is 0 Å². The molecule has 0 bridgehead atoms. The Labute approximate surface area is 102 Å². The summed E-state index contributed by atoms with van der Waals surface area (Å²) in [6.07, 6.45) is -0.443. The number of ether oxygens (including phenoxy) is 1. The first-order chi connectivity index (χ1) is 7.29. The highest BCUT2D eigenvalue weighted by molar-refractivity contribution is 6.30. The Hall–Kier alpha value is -0.860. The number of hydrogen-bond donors (Lipinski definition) is 0. The summed E-state index contributed by atoms with van der Waals surface area (Å²) in [4.78, 5) is 12.0. The molecule has 16 heavy (non-hydrogen) atoms. The molecule has 1 aromatic rings. The minimum absolute atomic E-state index is 0.0217. The molecule has 0 aliphatic heterocycles. The molecule has 0 heterocycles. The van der Waals surface area contributed by atoms with Crippen LogP contribution in [0.15, 0.2) is 24.3 Å². The van der Waals surface area contributed by atoms with Crippen molar-refractivity contribution < 1.29 is 9.53 Å². The fourth-order valence-electron chi connectivity index (χ4n) is 1.43. The fraction of sp³-hybridized carbons (Fsp3) is 0.462. The predicted octanol–water partition coefficient (Wildman–Crippen LogP) is 3.73. The lowest BCUT2D eigenvalue weighted by Crippen LogP contribution is -2.31. The Morgan fingerprint density at radius 2 is 1.75 bits per heavy atom. The summed E-state index contributed by atoms with van der Waals surface area (Å²) >= 11 is 5.76. The Balaban J connectivity index is 2.74. The van der Waals surface area contributed by atoms with Crippen LogP contribution in [0.4, 0.5) is 0 Å². The van der Waals surface area contributed by atoms with Crippen molar-refractivity contribution in [2.24, 2.45) is 0 Å². The van der Waals surface area contributed by atoms with Gasteiger partial charge in [-0.2, -0.15) is 0 Å². The maximum atomic E-state index is 12.0. The first-order valence-corrected chi connectivity index (χ1v) is 5.65. The molecule has 0 aromatic heterocycles. The van der Waals surface area contributed by atoms with Crippen LogP contribution in [-0.2, 0) is 4.74 Å². The minimum atomic E-state index is -0.443. The van der Waals surface area contributed by atoms with E-state index in [4.69, 9.17) is 16.3 Å². The van der Waals surface area contributed by atoms with Crippen molar-refractivity contribution in [3.05, 3.63) is 34.9 Å². The summed E-state index contributed by atoms with van der Waals surface area (Å²) in [5.74, 6) is -0.0217. The number of benzene rings is 1. The third kappa shape index (κ3) is 3.95. The van der Waals surface area contributed by atoms with Crippen molar-refractivity contribution in [2.75, 3.05) is 0 Å². The number of Topliss-reactive ketones (excluding diaryl/α,β-unsaturated/α-hetero) is 1. The van der Waals surface area contributed by atoms with Gasteiger partial charge in [-0.1, -0.05) is 11.6 Å². The summed E-state index contributed by atoms with van der Waals surface area (Å²) < 4.78 is 5.60. The molecule has 0 radical (unpaired) electrons. The first kappa shape index (κ1) is 13.2. The average Bonchev–Trinajstić information content (AvgIpc) is 2.15. The summed E-state index contributed by atoms with van der Waals surface area (Å²) in [5, 5.41) is 0.626. The summed E-state index contributed by atoms with van der Waals surface area (Å²) in [7, 11) is 0. The molecule has 0 N–H and O–H groups in total. The Bertz CT molecular complexity index is 363. The number of halogens is 1. The predicted molar refractivity (Wildman–Crippen MR) is 66.1 cm³/mol. The number of carbonyl (C=O) groups is 1. The van der Waals surface area contributed by atoms with Gasteiger partial charge in [0.15, 0.2) is 5.78 Å². The highest BCUT2D eigenvalue weighted by Gasteiger charge is 2.21. The van der Waals surface area contributed by atoms with Crippen LogP contribution in [0.2, 0.25) is 5.02 Å². The zero-order valence-electron chi connectivity index (χ0n) is 10.1. The van der Waals surface area contributed by atoms with E-state index in [1.807, 2.05) is 20.8 Å². The third-order valence-corrected chi connectivity index (χ3v) is 2.28. The topological polar surface area (TPSA) is 26.3 Å². The maximum absolute atomic E-state index is 12.0. The molecule has 0 saturated carbocycles. The lowest BCUT2D eigenvalue weighted by molar-refractivity contribution is -0.0381. The number of rotatable bonds is 3. The zero-order chi connectivity index (χ0) is 12.3. The van der Waals surface area contributed by atoms with E-state index < -0.39 is 6.10 Å². The number of carbonyl (C=O) groups excluding carboxylic acids is 1. The van der Waals surface area contributed by atoms with E-state index in [1.165, 1.54) is 0 Å². The van der Waals surface area contributed by atoms with Crippen molar-refractivity contribution in [3.8, 4) is 0 Å². The highest BCUT2D eigenvalue weighted by atomic mass is 35.5. The van der Waals surface area contributed by atoms with E-state index >= 15 is 0 Å². The van der Waals surface area contributed by atoms with Crippen LogP contribution in [0, 0.1) is 0 Å². The molecule has 3 heteroatoms. The molecule has 0 saturated heterocycles. The van der Waals surface area contributed by atoms with Gasteiger partial charge in [-0.05, 0) is 52.0 Å². The molecule has 1 unspecified atom stereocenters. The van der Waals surface area contributed by atoms with Crippen LogP contribution in [0.3, 0.4) is 0 Å². The Morgan fingerprint density at radius 3 is 2.19 bits per heavy atom. The molecule has 1 aromatic carbocycles. The largest absolute Gasteiger partial charge is 0.365 e. The van der Waals surface area contributed by atoms with Crippen LogP contribution in [-0.4, -0.2) is 17.5 Å². The van der Waals surface area contributed by atoms with Crippen LogP contribution >= 0.6 is 11.6 Å². The molecule has 0 fully saturated rings. The zero-order valence-corrected chi connectivity index (χ0v) is 10.8. The van der Waals surface area contributed by atoms with Gasteiger partial charge in [0.1, 0.15) is 6.10 Å². The summed E-state index contributed by atoms with van der Waals surface area (Å²) in [6.45, 7) is 7.55. The minimum Gasteiger partial charge on any atom is -0.365 e. The molecule has 0 aliphatic rings. The molecular formula is C13H17ClO2. The van der Waals surface area contributed by atoms with Crippen molar-refractivity contribution in [3.63, 3.8) is 0 Å². The standard InChI is InChI=1S/C13H17ClO2/c1-9(16-13(2,3)4)12(15)10-5-7-11(14)8-6-10/h5-9H,1-4H3. The molecule has 2 nitrogen and oxygen atoms in total. The van der Waals surface area contributed by atoms with Gasteiger partial charge in [0, 0.05) is 10.6 Å². The second-order valence-electron chi connectivity index (χ2n) is 4.74. The normalized spacial score (nSPS) is 13.6. The number of ketones is 1. The number of hydrogen-bond acceptors (Lipinski definition) is 2. The Kier molecular flexibility index (Phi) is 4.11. The van der Waals surface area contributed by atoms with Gasteiger partial charge >= 0.3 is 0 Å². The second-order valence-corrected chi connectivity index (χ2v) is 5.18. The van der Waals surface area contributed by atoms with Crippen LogP contribution < -0.4 is 0 Å². The maximum Gasteiger partial charge on any atom is 0.191 e. The first-order valence-electron chi connectivity index (χ1n) is 5.27. The molecule has 0 amide bonds. The molecule has 1 atom stereocenters. The lowest BCUT2D eigenvalue weighted by Gasteiger charge is -2.24. The van der Waals surface area contributed by atoms with Crippen molar-refractivity contribution in [2.45, 2.75) is 39.4 Å². The summed E-state index contributed by atoms with van der Waals surface area (Å²) in [6, 6.07) is 6.84. The monoisotopic (exact) mass is 240 g/mol. The van der Waals surface area contributed by atoms with E-state index in [-0.39, 0.29) is 11.4 Å². The van der Waals surface area contributed by atoms with Gasteiger partial charge in [-0.15, -0.1) is 0 Å². The van der Waals surface area contributed by atoms with Gasteiger partial charge in [0.05, 0.1) is 5.60 Å². The van der Waals surface area contributed by atoms with E-state index in [0.29, 0.717) is 10.6 Å². The quantitative estimate of drug-likeness (QED) is 0.753. The second kappa shape index (κ2) is 4.98. The molecule has 1 rings (SSSR count). The van der Waals surface area contributed by atoms with Gasteiger partial charge in [-0.25, -0.2) is 0 Å². The fourth-order valence-corrected chi connectivity index (χ4v) is 1.56. The smallest absolute Gasteiger partial charge is 0.191 e. The van der Waals surface area contributed by atoms with E-state index in [9.17, 15) is 4.79 Å². The molecule has 88 valence electrons. The SMILES string of the molecule is CC(OC(C)(C)C)C(=O)c1ccc(Cl)cc1. The van der Waals surface area contributed by atoms with Crippen LogP contribution in [0.1, 0.15) is 38.1 Å². The van der Waals surface area contributed by atoms with Gasteiger partial charge in [0.2, 0.25) is 0 Å². The van der Waals surface area contributed by atoms with Crippen molar-refractivity contribution in [1.29, 1.82) is 0 Å².